The van der Waals surface area contributed by atoms with Crippen LogP contribution in [0.2, 0.25) is 0 Å². The summed E-state index contributed by atoms with van der Waals surface area (Å²) in [6.45, 7) is 11.9. The molecule has 1 aliphatic rings. The van der Waals surface area contributed by atoms with Gasteiger partial charge in [0.25, 0.3) is 0 Å². The molecule has 1 heteroatoms. The molecule has 0 amide bonds. The van der Waals surface area contributed by atoms with Crippen LogP contribution < -0.4 is 0 Å². The molecule has 1 fully saturated rings. The third-order valence-corrected chi connectivity index (χ3v) is 3.70. The van der Waals surface area contributed by atoms with E-state index >= 15 is 0 Å². The lowest BCUT2D eigenvalue weighted by Gasteiger charge is -2.28. The Kier molecular flexibility index (Phi) is 3.16. The topological polar surface area (TPSA) is 3.24 Å². The lowest BCUT2D eigenvalue weighted by molar-refractivity contribution is 0.212. The van der Waals surface area contributed by atoms with Crippen LogP contribution in [-0.4, -0.2) is 24.0 Å². The van der Waals surface area contributed by atoms with Crippen molar-refractivity contribution in [2.45, 2.75) is 53.0 Å². The van der Waals surface area contributed by atoms with Crippen LogP contribution in [0.25, 0.3) is 0 Å². The van der Waals surface area contributed by atoms with Gasteiger partial charge in [0.05, 0.1) is 0 Å². The molecule has 0 bridgehead atoms. The molecule has 0 aromatic heterocycles. The molecule has 0 aromatic carbocycles. The number of hydrogen-bond donors (Lipinski definition) is 0. The van der Waals surface area contributed by atoms with E-state index in [2.05, 4.69) is 32.6 Å². The molecule has 0 atom stereocenters. The zero-order valence-corrected chi connectivity index (χ0v) is 9.06. The summed E-state index contributed by atoms with van der Waals surface area (Å²) in [4.78, 5) is 2.62. The molecule has 0 aromatic rings. The van der Waals surface area contributed by atoms with Crippen LogP contribution in [-0.2, 0) is 0 Å². The first-order valence-corrected chi connectivity index (χ1v) is 5.37. The van der Waals surface area contributed by atoms with Gasteiger partial charge in [-0.3, -0.25) is 0 Å². The number of hydrogen-bond acceptors (Lipinski definition) is 1. The Labute approximate surface area is 77.1 Å². The van der Waals surface area contributed by atoms with E-state index in [1.165, 1.54) is 32.4 Å². The van der Waals surface area contributed by atoms with Crippen molar-refractivity contribution in [3.8, 4) is 0 Å². The monoisotopic (exact) mass is 169 g/mol. The van der Waals surface area contributed by atoms with Crippen LogP contribution in [0.5, 0.6) is 0 Å². The summed E-state index contributed by atoms with van der Waals surface area (Å²) in [6, 6.07) is 0.741. The highest BCUT2D eigenvalue weighted by atomic mass is 15.2. The molecule has 0 N–H and O–H groups in total. The van der Waals surface area contributed by atoms with Crippen molar-refractivity contribution >= 4 is 0 Å². The van der Waals surface area contributed by atoms with Crippen LogP contribution in [0, 0.1) is 5.41 Å². The van der Waals surface area contributed by atoms with Crippen LogP contribution in [0.1, 0.15) is 47.0 Å². The van der Waals surface area contributed by atoms with Crippen molar-refractivity contribution in [1.82, 2.24) is 4.90 Å². The van der Waals surface area contributed by atoms with Gasteiger partial charge in [0.2, 0.25) is 0 Å². The van der Waals surface area contributed by atoms with Gasteiger partial charge in [-0.05, 0) is 45.1 Å². The first kappa shape index (κ1) is 10.0. The highest BCUT2D eigenvalue weighted by Gasteiger charge is 2.35. The second-order valence-corrected chi connectivity index (χ2v) is 4.52. The van der Waals surface area contributed by atoms with E-state index in [4.69, 9.17) is 0 Å². The van der Waals surface area contributed by atoms with Crippen molar-refractivity contribution in [3.05, 3.63) is 0 Å². The summed E-state index contributed by atoms with van der Waals surface area (Å²) in [5, 5.41) is 0. The van der Waals surface area contributed by atoms with Crippen LogP contribution in [0.15, 0.2) is 0 Å². The second-order valence-electron chi connectivity index (χ2n) is 4.52. The molecule has 1 saturated heterocycles. The molecular weight excluding hydrogens is 146 g/mol. The van der Waals surface area contributed by atoms with Crippen molar-refractivity contribution < 1.29 is 0 Å². The van der Waals surface area contributed by atoms with E-state index < -0.39 is 0 Å². The molecule has 0 aliphatic carbocycles. The first-order valence-electron chi connectivity index (χ1n) is 5.37. The normalized spacial score (nSPS) is 23.8. The third kappa shape index (κ3) is 1.82. The first-order chi connectivity index (χ1) is 5.63. The minimum Gasteiger partial charge on any atom is -0.300 e. The predicted octanol–water partition coefficient (Wildman–Crippen LogP) is 2.91. The van der Waals surface area contributed by atoms with Gasteiger partial charge in [0, 0.05) is 12.6 Å². The fraction of sp³-hybridized carbons (Fsp3) is 1.00. The Balaban J connectivity index is 2.52. The van der Waals surface area contributed by atoms with E-state index in [9.17, 15) is 0 Å². The summed E-state index contributed by atoms with van der Waals surface area (Å²) in [5.41, 5.74) is 0.657. The maximum absolute atomic E-state index is 2.62. The van der Waals surface area contributed by atoms with Crippen LogP contribution >= 0.6 is 0 Å². The van der Waals surface area contributed by atoms with Gasteiger partial charge < -0.3 is 4.90 Å². The molecule has 1 nitrogen and oxygen atoms in total. The van der Waals surface area contributed by atoms with Gasteiger partial charge in [0.15, 0.2) is 0 Å². The molecule has 0 spiro atoms. The maximum Gasteiger partial charge on any atom is 0.00410 e. The van der Waals surface area contributed by atoms with Gasteiger partial charge in [-0.25, -0.2) is 0 Å². The molecule has 1 heterocycles. The molecule has 72 valence electrons. The van der Waals surface area contributed by atoms with Gasteiger partial charge in [0.1, 0.15) is 0 Å². The van der Waals surface area contributed by atoms with Gasteiger partial charge in [-0.1, -0.05) is 13.8 Å². The summed E-state index contributed by atoms with van der Waals surface area (Å²) in [5.74, 6) is 0. The average molecular weight is 169 g/mol. The molecule has 0 saturated carbocycles. The van der Waals surface area contributed by atoms with Crippen molar-refractivity contribution in [3.63, 3.8) is 0 Å². The van der Waals surface area contributed by atoms with E-state index in [-0.39, 0.29) is 0 Å². The Hall–Kier alpha value is -0.0400. The van der Waals surface area contributed by atoms with Crippen LogP contribution in [0.3, 0.4) is 0 Å². The highest BCUT2D eigenvalue weighted by Crippen LogP contribution is 2.37. The summed E-state index contributed by atoms with van der Waals surface area (Å²) in [7, 11) is 0. The minimum absolute atomic E-state index is 0.657. The molecular formula is C11H23N. The van der Waals surface area contributed by atoms with E-state index in [0.717, 1.165) is 6.04 Å². The fourth-order valence-electron chi connectivity index (χ4n) is 2.24. The van der Waals surface area contributed by atoms with Crippen LogP contribution in [0.4, 0.5) is 0 Å². The van der Waals surface area contributed by atoms with Crippen molar-refractivity contribution in [1.29, 1.82) is 0 Å². The Morgan fingerprint density at radius 1 is 1.25 bits per heavy atom. The SMILES string of the molecule is CCC1(CC)CCN(C(C)C)C1. The minimum atomic E-state index is 0.657. The zero-order chi connectivity index (χ0) is 9.19. The van der Waals surface area contributed by atoms with Gasteiger partial charge in [-0.15, -0.1) is 0 Å². The third-order valence-electron chi connectivity index (χ3n) is 3.70. The van der Waals surface area contributed by atoms with Gasteiger partial charge in [-0.2, -0.15) is 0 Å². The molecule has 1 aliphatic heterocycles. The quantitative estimate of drug-likeness (QED) is 0.628. The Morgan fingerprint density at radius 2 is 1.83 bits per heavy atom. The Bertz CT molecular complexity index is 136. The smallest absolute Gasteiger partial charge is 0.00410 e. The highest BCUT2D eigenvalue weighted by molar-refractivity contribution is 4.88. The van der Waals surface area contributed by atoms with E-state index in [1.54, 1.807) is 0 Å². The summed E-state index contributed by atoms with van der Waals surface area (Å²) >= 11 is 0. The lowest BCUT2D eigenvalue weighted by Crippen LogP contribution is -2.31. The largest absolute Gasteiger partial charge is 0.300 e. The zero-order valence-electron chi connectivity index (χ0n) is 9.06. The molecule has 0 radical (unpaired) electrons. The maximum atomic E-state index is 2.62. The number of rotatable bonds is 3. The molecule has 0 unspecified atom stereocenters. The molecule has 1 rings (SSSR count). The molecule has 12 heavy (non-hydrogen) atoms. The summed E-state index contributed by atoms with van der Waals surface area (Å²) < 4.78 is 0. The predicted molar refractivity (Wildman–Crippen MR) is 54.3 cm³/mol. The average Bonchev–Trinajstić information content (AvgIpc) is 2.49. The fourth-order valence-corrected chi connectivity index (χ4v) is 2.24. The van der Waals surface area contributed by atoms with E-state index in [1.807, 2.05) is 0 Å². The van der Waals surface area contributed by atoms with Gasteiger partial charge >= 0.3 is 0 Å². The second kappa shape index (κ2) is 3.78. The van der Waals surface area contributed by atoms with Crippen molar-refractivity contribution in [2.75, 3.05) is 13.1 Å². The van der Waals surface area contributed by atoms with Crippen molar-refractivity contribution in [2.24, 2.45) is 5.41 Å². The summed E-state index contributed by atoms with van der Waals surface area (Å²) in [6.07, 6.45) is 4.12. The number of likely N-dealkylation sites (tertiary alicyclic amines) is 1. The lowest BCUT2D eigenvalue weighted by atomic mass is 9.82. The standard InChI is InChI=1S/C11H23N/c1-5-11(6-2)7-8-12(9-11)10(3)4/h10H,5-9H2,1-4H3. The number of nitrogens with zero attached hydrogens (tertiary/aromatic N) is 1. The Morgan fingerprint density at radius 3 is 2.08 bits per heavy atom. The van der Waals surface area contributed by atoms with E-state index in [0.29, 0.717) is 5.41 Å².